The van der Waals surface area contributed by atoms with Crippen LogP contribution in [0, 0.1) is 6.92 Å². The first-order chi connectivity index (χ1) is 9.60. The minimum absolute atomic E-state index is 0.0772. The Balaban J connectivity index is 2.25. The standard InChI is InChI=1S/C15H20N4O/c1-4-16-9-13-10-19(18-11(13)2)15-7-5-6-14(8-15)17-12(3)20/h5-8,10,16H,4,9H2,1-3H3,(H,17,20). The minimum Gasteiger partial charge on any atom is -0.326 e. The van der Waals surface area contributed by atoms with Gasteiger partial charge in [-0.05, 0) is 31.7 Å². The largest absolute Gasteiger partial charge is 0.326 e. The van der Waals surface area contributed by atoms with Gasteiger partial charge in [-0.3, -0.25) is 4.79 Å². The molecule has 0 saturated carbocycles. The van der Waals surface area contributed by atoms with Crippen LogP contribution in [0.2, 0.25) is 0 Å². The van der Waals surface area contributed by atoms with E-state index in [4.69, 9.17) is 0 Å². The molecule has 2 N–H and O–H groups in total. The van der Waals surface area contributed by atoms with Gasteiger partial charge in [0.2, 0.25) is 5.91 Å². The lowest BCUT2D eigenvalue weighted by Gasteiger charge is -2.05. The third kappa shape index (κ3) is 3.45. The Morgan fingerprint density at radius 1 is 1.40 bits per heavy atom. The molecule has 5 heteroatoms. The zero-order valence-electron chi connectivity index (χ0n) is 12.1. The molecular formula is C15H20N4O. The van der Waals surface area contributed by atoms with E-state index in [1.165, 1.54) is 12.5 Å². The zero-order chi connectivity index (χ0) is 14.5. The third-order valence-electron chi connectivity index (χ3n) is 3.00. The van der Waals surface area contributed by atoms with Crippen LogP contribution in [0.4, 0.5) is 5.69 Å². The van der Waals surface area contributed by atoms with Crippen molar-refractivity contribution in [3.05, 3.63) is 41.7 Å². The van der Waals surface area contributed by atoms with Crippen molar-refractivity contribution in [1.29, 1.82) is 0 Å². The Morgan fingerprint density at radius 2 is 2.20 bits per heavy atom. The number of hydrogen-bond donors (Lipinski definition) is 2. The molecule has 2 aromatic rings. The van der Waals surface area contributed by atoms with Crippen LogP contribution in [0.3, 0.4) is 0 Å². The Kier molecular flexibility index (Phi) is 4.53. The van der Waals surface area contributed by atoms with Crippen molar-refractivity contribution in [2.75, 3.05) is 11.9 Å². The van der Waals surface area contributed by atoms with Gasteiger partial charge >= 0.3 is 0 Å². The molecule has 2 rings (SSSR count). The van der Waals surface area contributed by atoms with Crippen LogP contribution in [-0.2, 0) is 11.3 Å². The zero-order valence-corrected chi connectivity index (χ0v) is 12.1. The van der Waals surface area contributed by atoms with E-state index >= 15 is 0 Å². The fraction of sp³-hybridized carbons (Fsp3) is 0.333. The van der Waals surface area contributed by atoms with Crippen LogP contribution >= 0.6 is 0 Å². The average Bonchev–Trinajstić information content (AvgIpc) is 2.77. The summed E-state index contributed by atoms with van der Waals surface area (Å²) in [6.07, 6.45) is 2.02. The van der Waals surface area contributed by atoms with Gasteiger partial charge in [-0.15, -0.1) is 0 Å². The molecule has 0 saturated heterocycles. The van der Waals surface area contributed by atoms with Crippen LogP contribution in [-0.4, -0.2) is 22.2 Å². The molecule has 0 aliphatic carbocycles. The summed E-state index contributed by atoms with van der Waals surface area (Å²) >= 11 is 0. The maximum absolute atomic E-state index is 11.1. The van der Waals surface area contributed by atoms with Crippen molar-refractivity contribution in [1.82, 2.24) is 15.1 Å². The normalized spacial score (nSPS) is 10.6. The van der Waals surface area contributed by atoms with Crippen molar-refractivity contribution in [3.63, 3.8) is 0 Å². The highest BCUT2D eigenvalue weighted by Crippen LogP contribution is 2.16. The lowest BCUT2D eigenvalue weighted by molar-refractivity contribution is -0.114. The molecule has 1 aromatic heterocycles. The molecule has 0 fully saturated rings. The highest BCUT2D eigenvalue weighted by Gasteiger charge is 2.06. The first-order valence-corrected chi connectivity index (χ1v) is 6.74. The van der Waals surface area contributed by atoms with Gasteiger partial charge in [0.1, 0.15) is 0 Å². The predicted molar refractivity (Wildman–Crippen MR) is 80.0 cm³/mol. The average molecular weight is 272 g/mol. The first kappa shape index (κ1) is 14.3. The van der Waals surface area contributed by atoms with E-state index in [-0.39, 0.29) is 5.91 Å². The van der Waals surface area contributed by atoms with E-state index in [0.717, 1.165) is 30.2 Å². The fourth-order valence-corrected chi connectivity index (χ4v) is 1.99. The second kappa shape index (κ2) is 6.34. The van der Waals surface area contributed by atoms with E-state index < -0.39 is 0 Å². The number of carbonyl (C=O) groups excluding carboxylic acids is 1. The lowest BCUT2D eigenvalue weighted by atomic mass is 10.2. The summed E-state index contributed by atoms with van der Waals surface area (Å²) < 4.78 is 1.84. The van der Waals surface area contributed by atoms with Crippen molar-refractivity contribution in [2.45, 2.75) is 27.3 Å². The number of nitrogens with one attached hydrogen (secondary N) is 2. The Morgan fingerprint density at radius 3 is 2.90 bits per heavy atom. The van der Waals surface area contributed by atoms with Crippen molar-refractivity contribution in [3.8, 4) is 5.69 Å². The SMILES string of the molecule is CCNCc1cn(-c2cccc(NC(C)=O)c2)nc1C. The van der Waals surface area contributed by atoms with E-state index in [2.05, 4.69) is 22.7 Å². The van der Waals surface area contributed by atoms with Crippen molar-refractivity contribution in [2.24, 2.45) is 0 Å². The summed E-state index contributed by atoms with van der Waals surface area (Å²) in [7, 11) is 0. The van der Waals surface area contributed by atoms with Crippen LogP contribution in [0.15, 0.2) is 30.5 Å². The van der Waals surface area contributed by atoms with Gasteiger partial charge in [-0.2, -0.15) is 5.10 Å². The third-order valence-corrected chi connectivity index (χ3v) is 3.00. The quantitative estimate of drug-likeness (QED) is 0.877. The molecule has 20 heavy (non-hydrogen) atoms. The monoisotopic (exact) mass is 272 g/mol. The molecule has 0 bridgehead atoms. The van der Waals surface area contributed by atoms with Crippen molar-refractivity contribution < 1.29 is 4.79 Å². The topological polar surface area (TPSA) is 59.0 Å². The Labute approximate surface area is 119 Å². The summed E-state index contributed by atoms with van der Waals surface area (Å²) in [6.45, 7) is 7.33. The second-order valence-corrected chi connectivity index (χ2v) is 4.70. The van der Waals surface area contributed by atoms with Gasteiger partial charge in [0.15, 0.2) is 0 Å². The Bertz CT molecular complexity index is 604. The molecule has 0 atom stereocenters. The maximum atomic E-state index is 11.1. The van der Waals surface area contributed by atoms with Gasteiger partial charge in [0, 0.05) is 30.9 Å². The first-order valence-electron chi connectivity index (χ1n) is 6.74. The molecule has 0 radical (unpaired) electrons. The maximum Gasteiger partial charge on any atom is 0.221 e. The van der Waals surface area contributed by atoms with Gasteiger partial charge in [0.05, 0.1) is 11.4 Å². The summed E-state index contributed by atoms with van der Waals surface area (Å²) in [5.74, 6) is -0.0772. The number of hydrogen-bond acceptors (Lipinski definition) is 3. The molecule has 1 aromatic carbocycles. The molecule has 0 spiro atoms. The van der Waals surface area contributed by atoms with E-state index in [1.54, 1.807) is 0 Å². The van der Waals surface area contributed by atoms with E-state index in [1.807, 2.05) is 42.1 Å². The van der Waals surface area contributed by atoms with Gasteiger partial charge in [-0.1, -0.05) is 13.0 Å². The van der Waals surface area contributed by atoms with Gasteiger partial charge in [-0.25, -0.2) is 4.68 Å². The minimum atomic E-state index is -0.0772. The van der Waals surface area contributed by atoms with Crippen LogP contribution in [0.1, 0.15) is 25.1 Å². The molecule has 1 heterocycles. The highest BCUT2D eigenvalue weighted by atomic mass is 16.1. The molecule has 106 valence electrons. The Hall–Kier alpha value is -2.14. The molecule has 0 aliphatic heterocycles. The second-order valence-electron chi connectivity index (χ2n) is 4.70. The molecule has 1 amide bonds. The number of aryl methyl sites for hydroxylation is 1. The highest BCUT2D eigenvalue weighted by molar-refractivity contribution is 5.88. The summed E-state index contributed by atoms with van der Waals surface area (Å²) in [5, 5.41) is 10.6. The van der Waals surface area contributed by atoms with E-state index in [9.17, 15) is 4.79 Å². The predicted octanol–water partition coefficient (Wildman–Crippen LogP) is 2.25. The summed E-state index contributed by atoms with van der Waals surface area (Å²) in [4.78, 5) is 11.1. The molecule has 5 nitrogen and oxygen atoms in total. The fourth-order valence-electron chi connectivity index (χ4n) is 1.99. The van der Waals surface area contributed by atoms with Crippen molar-refractivity contribution >= 4 is 11.6 Å². The number of carbonyl (C=O) groups is 1. The number of anilines is 1. The smallest absolute Gasteiger partial charge is 0.221 e. The van der Waals surface area contributed by atoms with E-state index in [0.29, 0.717) is 0 Å². The van der Waals surface area contributed by atoms with Gasteiger partial charge < -0.3 is 10.6 Å². The summed E-state index contributed by atoms with van der Waals surface area (Å²) in [5.41, 5.74) is 3.89. The molecule has 0 aliphatic rings. The lowest BCUT2D eigenvalue weighted by Crippen LogP contribution is -2.11. The number of nitrogens with zero attached hydrogens (tertiary/aromatic N) is 2. The number of amides is 1. The van der Waals surface area contributed by atoms with Crippen LogP contribution in [0.25, 0.3) is 5.69 Å². The van der Waals surface area contributed by atoms with Gasteiger partial charge in [0.25, 0.3) is 0 Å². The summed E-state index contributed by atoms with van der Waals surface area (Å²) in [6, 6.07) is 7.64. The van der Waals surface area contributed by atoms with Crippen LogP contribution in [0.5, 0.6) is 0 Å². The molecule has 0 unspecified atom stereocenters. The number of aromatic nitrogens is 2. The molecular weight excluding hydrogens is 252 g/mol. The number of benzene rings is 1. The van der Waals surface area contributed by atoms with Crippen LogP contribution < -0.4 is 10.6 Å². The number of rotatable bonds is 5.